The van der Waals surface area contributed by atoms with Crippen molar-refractivity contribution in [1.29, 1.82) is 0 Å². The van der Waals surface area contributed by atoms with Crippen LogP contribution >= 0.6 is 15.9 Å². The molecule has 1 aliphatic rings. The Morgan fingerprint density at radius 1 is 1.23 bits per heavy atom. The van der Waals surface area contributed by atoms with E-state index in [1.165, 1.54) is 7.11 Å². The summed E-state index contributed by atoms with van der Waals surface area (Å²) in [5.41, 5.74) is -0.500. The summed E-state index contributed by atoms with van der Waals surface area (Å²) in [7, 11) is 3.28. The molecular weight excluding hydrogens is 477 g/mol. The second-order valence-corrected chi connectivity index (χ2v) is 8.57. The van der Waals surface area contributed by atoms with Crippen LogP contribution in [0.3, 0.4) is 0 Å². The van der Waals surface area contributed by atoms with Gasteiger partial charge in [-0.1, -0.05) is 15.9 Å². The van der Waals surface area contributed by atoms with Gasteiger partial charge >= 0.3 is 6.18 Å². The Balaban J connectivity index is 1.95. The van der Waals surface area contributed by atoms with Gasteiger partial charge in [-0.15, -0.1) is 0 Å². The van der Waals surface area contributed by atoms with Crippen molar-refractivity contribution in [3.05, 3.63) is 46.1 Å². The van der Waals surface area contributed by atoms with Gasteiger partial charge in [0, 0.05) is 41.9 Å². The van der Waals surface area contributed by atoms with Crippen LogP contribution in [-0.4, -0.2) is 55.1 Å². The first-order valence-corrected chi connectivity index (χ1v) is 10.5. The molecule has 168 valence electrons. The molecule has 2 aromatic rings. The molecule has 1 aromatic heterocycles. The lowest BCUT2D eigenvalue weighted by Gasteiger charge is -2.44. The van der Waals surface area contributed by atoms with E-state index in [-0.39, 0.29) is 18.0 Å². The number of rotatable bonds is 4. The first-order chi connectivity index (χ1) is 14.5. The number of hydrogen-bond acceptors (Lipinski definition) is 5. The maximum absolute atomic E-state index is 13.5. The van der Waals surface area contributed by atoms with Gasteiger partial charge < -0.3 is 15.0 Å². The number of halogens is 4. The zero-order valence-corrected chi connectivity index (χ0v) is 19.2. The van der Waals surface area contributed by atoms with E-state index in [1.54, 1.807) is 6.07 Å². The minimum Gasteiger partial charge on any atom is -0.481 e. The molecule has 0 bridgehead atoms. The monoisotopic (exact) mass is 500 g/mol. The van der Waals surface area contributed by atoms with Crippen molar-refractivity contribution in [3.63, 3.8) is 0 Å². The van der Waals surface area contributed by atoms with Gasteiger partial charge in [-0.3, -0.25) is 9.69 Å². The number of methoxy groups -OCH3 is 1. The molecular formula is C21H24BrF3N4O2. The molecule has 6 nitrogen and oxygen atoms in total. The molecule has 1 fully saturated rings. The minimum absolute atomic E-state index is 0.215. The van der Waals surface area contributed by atoms with Crippen LogP contribution in [0.5, 0.6) is 5.88 Å². The summed E-state index contributed by atoms with van der Waals surface area (Å²) in [6, 6.07) is 6.65. The fourth-order valence-corrected chi connectivity index (χ4v) is 4.00. The number of anilines is 2. The number of ether oxygens (including phenoxy) is 1. The Kier molecular flexibility index (Phi) is 6.80. The molecule has 0 radical (unpaired) electrons. The minimum atomic E-state index is -4.73. The maximum Gasteiger partial charge on any atom is 0.417 e. The average Bonchev–Trinajstić information content (AvgIpc) is 2.70. The largest absolute Gasteiger partial charge is 0.481 e. The van der Waals surface area contributed by atoms with Gasteiger partial charge in [0.15, 0.2) is 0 Å². The summed E-state index contributed by atoms with van der Waals surface area (Å²) in [6.07, 6.45) is -3.85. The van der Waals surface area contributed by atoms with E-state index in [4.69, 9.17) is 4.74 Å². The Morgan fingerprint density at radius 2 is 1.87 bits per heavy atom. The number of nitrogens with zero attached hydrogens (tertiary/aromatic N) is 3. The molecule has 1 aliphatic heterocycles. The van der Waals surface area contributed by atoms with Crippen LogP contribution in [0.15, 0.2) is 34.9 Å². The zero-order chi connectivity index (χ0) is 22.9. The van der Waals surface area contributed by atoms with Crippen molar-refractivity contribution in [3.8, 4) is 5.88 Å². The fraction of sp³-hybridized carbons (Fsp3) is 0.429. The quantitative estimate of drug-likeness (QED) is 0.661. The van der Waals surface area contributed by atoms with Crippen molar-refractivity contribution >= 4 is 33.2 Å². The van der Waals surface area contributed by atoms with E-state index >= 15 is 0 Å². The molecule has 2 atom stereocenters. The van der Waals surface area contributed by atoms with Crippen LogP contribution in [0.25, 0.3) is 0 Å². The van der Waals surface area contributed by atoms with Crippen LogP contribution < -0.4 is 15.0 Å². The van der Waals surface area contributed by atoms with Crippen LogP contribution in [0.1, 0.15) is 29.8 Å². The van der Waals surface area contributed by atoms with Gasteiger partial charge in [-0.2, -0.15) is 13.2 Å². The molecule has 0 spiro atoms. The van der Waals surface area contributed by atoms with Crippen LogP contribution in [0.2, 0.25) is 0 Å². The lowest BCUT2D eigenvalue weighted by Crippen LogP contribution is -2.55. The van der Waals surface area contributed by atoms with Crippen molar-refractivity contribution in [2.45, 2.75) is 32.1 Å². The Hall–Kier alpha value is -2.33. The second-order valence-electron chi connectivity index (χ2n) is 7.65. The van der Waals surface area contributed by atoms with E-state index in [0.717, 1.165) is 31.0 Å². The molecule has 2 unspecified atom stereocenters. The lowest BCUT2D eigenvalue weighted by molar-refractivity contribution is -0.138. The molecule has 1 N–H and O–H groups in total. The summed E-state index contributed by atoms with van der Waals surface area (Å²) in [5.74, 6) is -1.11. The summed E-state index contributed by atoms with van der Waals surface area (Å²) < 4.78 is 46.1. The predicted molar refractivity (Wildman–Crippen MR) is 117 cm³/mol. The van der Waals surface area contributed by atoms with Crippen molar-refractivity contribution in [1.82, 2.24) is 9.88 Å². The first kappa shape index (κ1) is 23.3. The summed E-state index contributed by atoms with van der Waals surface area (Å²) in [6.45, 7) is 5.67. The van der Waals surface area contributed by atoms with Crippen LogP contribution in [0.4, 0.5) is 24.5 Å². The molecule has 1 aromatic carbocycles. The SMILES string of the molecule is COc1cc(C(F)(F)F)c(C(=O)Nc2cc(Br)ccc2N2CC(C)N(C)C(C)C2)cn1. The summed E-state index contributed by atoms with van der Waals surface area (Å²) >= 11 is 3.38. The van der Waals surface area contributed by atoms with Gasteiger partial charge in [0.25, 0.3) is 5.91 Å². The Labute approximate surface area is 187 Å². The van der Waals surface area contributed by atoms with E-state index in [9.17, 15) is 18.0 Å². The highest BCUT2D eigenvalue weighted by molar-refractivity contribution is 9.10. The number of hydrogen-bond donors (Lipinski definition) is 1. The van der Waals surface area contributed by atoms with E-state index in [0.29, 0.717) is 10.2 Å². The molecule has 3 rings (SSSR count). The normalized spacial score (nSPS) is 19.9. The summed E-state index contributed by atoms with van der Waals surface area (Å²) in [5, 5.41) is 2.65. The lowest BCUT2D eigenvalue weighted by atomic mass is 10.1. The number of piperazine rings is 1. The topological polar surface area (TPSA) is 57.7 Å². The van der Waals surface area contributed by atoms with Crippen molar-refractivity contribution < 1.29 is 22.7 Å². The van der Waals surface area contributed by atoms with Gasteiger partial charge in [-0.25, -0.2) is 4.98 Å². The molecule has 31 heavy (non-hydrogen) atoms. The van der Waals surface area contributed by atoms with Crippen LogP contribution in [0, 0.1) is 0 Å². The molecule has 1 saturated heterocycles. The average molecular weight is 501 g/mol. The predicted octanol–water partition coefficient (Wildman–Crippen LogP) is 4.65. The standard InChI is InChI=1S/C21H24BrF3N4O2/c1-12-10-29(11-13(2)28(12)3)18-6-5-14(22)7-17(18)27-20(30)15-9-26-19(31-4)8-16(15)21(23,24)25/h5-9,12-13H,10-11H2,1-4H3,(H,27,30). The third kappa shape index (κ3) is 5.12. The molecule has 2 heterocycles. The third-order valence-electron chi connectivity index (χ3n) is 5.55. The van der Waals surface area contributed by atoms with Gasteiger partial charge in [0.05, 0.1) is 29.6 Å². The highest BCUT2D eigenvalue weighted by Gasteiger charge is 2.36. The van der Waals surface area contributed by atoms with E-state index < -0.39 is 23.2 Å². The number of amides is 1. The number of pyridine rings is 1. The van der Waals surface area contributed by atoms with Gasteiger partial charge in [0.2, 0.25) is 5.88 Å². The Morgan fingerprint density at radius 3 is 2.45 bits per heavy atom. The molecule has 1 amide bonds. The van der Waals surface area contributed by atoms with Crippen LogP contribution in [-0.2, 0) is 6.18 Å². The summed E-state index contributed by atoms with van der Waals surface area (Å²) in [4.78, 5) is 21.1. The van der Waals surface area contributed by atoms with E-state index in [1.807, 2.05) is 12.1 Å². The number of nitrogens with one attached hydrogen (secondary N) is 1. The number of alkyl halides is 3. The zero-order valence-electron chi connectivity index (χ0n) is 17.6. The van der Waals surface area contributed by atoms with Crippen molar-refractivity contribution in [2.24, 2.45) is 0 Å². The van der Waals surface area contributed by atoms with Gasteiger partial charge in [0.1, 0.15) is 0 Å². The number of benzene rings is 1. The highest BCUT2D eigenvalue weighted by Crippen LogP contribution is 2.36. The smallest absolute Gasteiger partial charge is 0.417 e. The van der Waals surface area contributed by atoms with Gasteiger partial charge in [-0.05, 0) is 39.1 Å². The number of carbonyl (C=O) groups is 1. The molecule has 0 aliphatic carbocycles. The molecule has 0 saturated carbocycles. The second kappa shape index (κ2) is 9.04. The number of carbonyl (C=O) groups excluding carboxylic acids is 1. The third-order valence-corrected chi connectivity index (χ3v) is 6.04. The van der Waals surface area contributed by atoms with E-state index in [2.05, 4.69) is 56.9 Å². The van der Waals surface area contributed by atoms with Crippen molar-refractivity contribution in [2.75, 3.05) is 37.5 Å². The Bertz CT molecular complexity index is 958. The maximum atomic E-state index is 13.5. The first-order valence-electron chi connectivity index (χ1n) is 9.70. The fourth-order valence-electron chi connectivity index (χ4n) is 3.64. The highest BCUT2D eigenvalue weighted by atomic mass is 79.9. The number of aromatic nitrogens is 1. The molecule has 10 heteroatoms. The number of likely N-dealkylation sites (N-methyl/N-ethyl adjacent to an activating group) is 1.